The molecule has 2 amide bonds. The van der Waals surface area contributed by atoms with Crippen molar-refractivity contribution in [3.05, 3.63) is 63.9 Å². The number of aryl methyl sites for hydroxylation is 1. The molecule has 2 aromatic carbocycles. The Morgan fingerprint density at radius 2 is 1.81 bits per heavy atom. The number of halogens is 2. The Bertz CT molecular complexity index is 989. The third-order valence-electron chi connectivity index (χ3n) is 5.48. The van der Waals surface area contributed by atoms with Crippen molar-refractivity contribution in [2.24, 2.45) is 0 Å². The highest BCUT2D eigenvalue weighted by Crippen LogP contribution is 2.43. The molecule has 0 radical (unpaired) electrons. The second-order valence-corrected chi connectivity index (χ2v) is 8.55. The Kier molecular flexibility index (Phi) is 7.43. The van der Waals surface area contributed by atoms with Crippen LogP contribution in [-0.4, -0.2) is 30.9 Å². The minimum atomic E-state index is -1.07. The van der Waals surface area contributed by atoms with E-state index in [2.05, 4.69) is 26.6 Å². The average Bonchev–Trinajstić information content (AvgIpc) is 3.24. The number of esters is 1. The maximum absolute atomic E-state index is 14.4. The van der Waals surface area contributed by atoms with E-state index in [1.54, 1.807) is 30.3 Å². The van der Waals surface area contributed by atoms with Crippen LogP contribution >= 0.6 is 15.9 Å². The van der Waals surface area contributed by atoms with Crippen LogP contribution < -0.4 is 10.6 Å². The zero-order chi connectivity index (χ0) is 22.4. The number of ether oxygens (including phenoxy) is 1. The van der Waals surface area contributed by atoms with Crippen LogP contribution in [0.5, 0.6) is 0 Å². The molecule has 0 saturated heterocycles. The van der Waals surface area contributed by atoms with Crippen molar-refractivity contribution in [3.63, 3.8) is 0 Å². The summed E-state index contributed by atoms with van der Waals surface area (Å²) in [6, 6.07) is 11.6. The number of benzene rings is 2. The monoisotopic (exact) mass is 490 g/mol. The Labute approximate surface area is 188 Å². The first kappa shape index (κ1) is 22.9. The minimum absolute atomic E-state index is 0.260. The maximum Gasteiger partial charge on any atom is 0.317 e. The summed E-state index contributed by atoms with van der Waals surface area (Å²) in [7, 11) is 0. The highest BCUT2D eigenvalue weighted by molar-refractivity contribution is 9.10. The van der Waals surface area contributed by atoms with Gasteiger partial charge in [-0.15, -0.1) is 0 Å². The lowest BCUT2D eigenvalue weighted by molar-refractivity contribution is -0.154. The predicted molar refractivity (Wildman–Crippen MR) is 118 cm³/mol. The molecular weight excluding hydrogens is 467 g/mol. The lowest BCUT2D eigenvalue weighted by atomic mass is 9.78. The molecule has 164 valence electrons. The van der Waals surface area contributed by atoms with Gasteiger partial charge in [-0.05, 0) is 49.6 Å². The number of nitrogens with one attached hydrogen (secondary N) is 2. The quantitative estimate of drug-likeness (QED) is 0.574. The molecule has 0 aromatic heterocycles. The summed E-state index contributed by atoms with van der Waals surface area (Å²) in [5.74, 6) is -2.06. The Morgan fingerprint density at radius 1 is 1.10 bits per heavy atom. The van der Waals surface area contributed by atoms with Crippen LogP contribution in [-0.2, 0) is 24.5 Å². The number of hydrogen-bond donors (Lipinski definition) is 2. The largest absolute Gasteiger partial charge is 0.455 e. The van der Waals surface area contributed by atoms with E-state index in [9.17, 15) is 18.8 Å². The van der Waals surface area contributed by atoms with E-state index in [0.717, 1.165) is 22.9 Å². The van der Waals surface area contributed by atoms with Crippen LogP contribution in [0.2, 0.25) is 0 Å². The van der Waals surface area contributed by atoms with Crippen LogP contribution in [0.1, 0.15) is 36.8 Å². The van der Waals surface area contributed by atoms with Crippen LogP contribution in [0.3, 0.4) is 0 Å². The Morgan fingerprint density at radius 3 is 2.48 bits per heavy atom. The third kappa shape index (κ3) is 5.50. The van der Waals surface area contributed by atoms with Gasteiger partial charge in [-0.2, -0.15) is 0 Å². The molecule has 6 nitrogen and oxygen atoms in total. The van der Waals surface area contributed by atoms with E-state index in [1.807, 2.05) is 13.0 Å². The first-order valence-electron chi connectivity index (χ1n) is 10.1. The van der Waals surface area contributed by atoms with Gasteiger partial charge in [0, 0.05) is 15.7 Å². The standard InChI is InChI=1S/C23H24BrFN2O4/c1-15-12-16(24)8-9-19(15)27-20(28)13-26-21(29)14-31-22(30)23(10-4-5-11-23)17-6-2-3-7-18(17)25/h2-3,6-9,12H,4-5,10-11,13-14H2,1H3,(H,26,29)(H,27,28). The molecule has 0 atom stereocenters. The summed E-state index contributed by atoms with van der Waals surface area (Å²) in [5, 5.41) is 5.14. The Balaban J connectivity index is 1.52. The third-order valence-corrected chi connectivity index (χ3v) is 5.97. The second kappa shape index (κ2) is 10.0. The first-order valence-corrected chi connectivity index (χ1v) is 10.9. The summed E-state index contributed by atoms with van der Waals surface area (Å²) >= 11 is 3.36. The molecule has 3 rings (SSSR count). The van der Waals surface area contributed by atoms with Gasteiger partial charge in [0.05, 0.1) is 12.0 Å². The molecule has 1 fully saturated rings. The van der Waals surface area contributed by atoms with E-state index in [4.69, 9.17) is 4.74 Å². The zero-order valence-electron chi connectivity index (χ0n) is 17.2. The normalized spacial score (nSPS) is 14.7. The first-order chi connectivity index (χ1) is 14.8. The molecule has 0 heterocycles. The number of carbonyl (C=O) groups excluding carboxylic acids is 3. The fourth-order valence-electron chi connectivity index (χ4n) is 3.87. The minimum Gasteiger partial charge on any atom is -0.455 e. The van der Waals surface area contributed by atoms with Crippen molar-refractivity contribution >= 4 is 39.4 Å². The van der Waals surface area contributed by atoms with Crippen LogP contribution in [0.4, 0.5) is 10.1 Å². The van der Waals surface area contributed by atoms with Crippen molar-refractivity contribution in [2.45, 2.75) is 38.0 Å². The number of hydrogen-bond acceptors (Lipinski definition) is 4. The molecule has 0 unspecified atom stereocenters. The van der Waals surface area contributed by atoms with Gasteiger partial charge in [0.25, 0.3) is 5.91 Å². The summed E-state index contributed by atoms with van der Waals surface area (Å²) < 4.78 is 20.5. The Hall–Kier alpha value is -2.74. The van der Waals surface area contributed by atoms with E-state index in [1.165, 1.54) is 6.07 Å². The number of amides is 2. The summed E-state index contributed by atoms with van der Waals surface area (Å²) in [6.07, 6.45) is 2.52. The van der Waals surface area contributed by atoms with Gasteiger partial charge in [-0.25, -0.2) is 4.39 Å². The van der Waals surface area contributed by atoms with E-state index in [-0.39, 0.29) is 6.54 Å². The lowest BCUT2D eigenvalue weighted by Crippen LogP contribution is -2.40. The van der Waals surface area contributed by atoms with Crippen LogP contribution in [0.25, 0.3) is 0 Å². The molecule has 31 heavy (non-hydrogen) atoms. The predicted octanol–water partition coefficient (Wildman–Crippen LogP) is 4.01. The maximum atomic E-state index is 14.4. The van der Waals surface area contributed by atoms with Gasteiger partial charge in [0.15, 0.2) is 6.61 Å². The van der Waals surface area contributed by atoms with Crippen LogP contribution in [0.15, 0.2) is 46.9 Å². The molecule has 8 heteroatoms. The highest BCUT2D eigenvalue weighted by atomic mass is 79.9. The van der Waals surface area contributed by atoms with Crippen molar-refractivity contribution in [2.75, 3.05) is 18.5 Å². The van der Waals surface area contributed by atoms with E-state index < -0.39 is 35.6 Å². The topological polar surface area (TPSA) is 84.5 Å². The fraction of sp³-hybridized carbons (Fsp3) is 0.348. The van der Waals surface area contributed by atoms with Gasteiger partial charge in [0.2, 0.25) is 5.91 Å². The molecular formula is C23H24BrFN2O4. The average molecular weight is 491 g/mol. The summed E-state index contributed by atoms with van der Waals surface area (Å²) in [6.45, 7) is 1.07. The molecule has 1 aliphatic rings. The summed E-state index contributed by atoms with van der Waals surface area (Å²) in [4.78, 5) is 37.0. The van der Waals surface area contributed by atoms with Crippen LogP contribution in [0, 0.1) is 12.7 Å². The van der Waals surface area contributed by atoms with Crippen molar-refractivity contribution in [1.82, 2.24) is 5.32 Å². The zero-order valence-corrected chi connectivity index (χ0v) is 18.8. The molecule has 0 spiro atoms. The molecule has 0 aliphatic heterocycles. The lowest BCUT2D eigenvalue weighted by Gasteiger charge is -2.27. The second-order valence-electron chi connectivity index (χ2n) is 7.63. The molecule has 0 bridgehead atoms. The number of carbonyl (C=O) groups is 3. The van der Waals surface area contributed by atoms with E-state index in [0.29, 0.717) is 24.1 Å². The molecule has 2 N–H and O–H groups in total. The van der Waals surface area contributed by atoms with E-state index >= 15 is 0 Å². The molecule has 2 aromatic rings. The summed E-state index contributed by atoms with van der Waals surface area (Å²) in [5.41, 5.74) is 0.754. The van der Waals surface area contributed by atoms with Crippen molar-refractivity contribution in [1.29, 1.82) is 0 Å². The van der Waals surface area contributed by atoms with Gasteiger partial charge >= 0.3 is 5.97 Å². The van der Waals surface area contributed by atoms with Gasteiger partial charge in [-0.3, -0.25) is 14.4 Å². The van der Waals surface area contributed by atoms with Crippen molar-refractivity contribution in [3.8, 4) is 0 Å². The molecule has 1 saturated carbocycles. The SMILES string of the molecule is Cc1cc(Br)ccc1NC(=O)CNC(=O)COC(=O)C1(c2ccccc2F)CCCC1. The number of anilines is 1. The number of rotatable bonds is 7. The van der Waals surface area contributed by atoms with Gasteiger partial charge in [0.1, 0.15) is 5.82 Å². The highest BCUT2D eigenvalue weighted by Gasteiger charge is 2.45. The van der Waals surface area contributed by atoms with Gasteiger partial charge in [-0.1, -0.05) is 47.0 Å². The fourth-order valence-corrected chi connectivity index (χ4v) is 4.35. The van der Waals surface area contributed by atoms with Gasteiger partial charge < -0.3 is 15.4 Å². The smallest absolute Gasteiger partial charge is 0.317 e. The molecule has 1 aliphatic carbocycles. The van der Waals surface area contributed by atoms with Crippen molar-refractivity contribution < 1.29 is 23.5 Å².